The summed E-state index contributed by atoms with van der Waals surface area (Å²) in [7, 11) is -3.56. The fourth-order valence-corrected chi connectivity index (χ4v) is 4.04. The third kappa shape index (κ3) is 3.26. The van der Waals surface area contributed by atoms with Crippen LogP contribution in [0.5, 0.6) is 0 Å². The van der Waals surface area contributed by atoms with Crippen LogP contribution in [0.4, 0.5) is 11.4 Å². The molecule has 0 aliphatic heterocycles. The summed E-state index contributed by atoms with van der Waals surface area (Å²) >= 11 is 0. The average Bonchev–Trinajstić information content (AvgIpc) is 2.95. The van der Waals surface area contributed by atoms with E-state index in [1.165, 1.54) is 23.3 Å². The van der Waals surface area contributed by atoms with E-state index in [2.05, 4.69) is 17.4 Å². The second-order valence-corrected chi connectivity index (χ2v) is 8.01. The van der Waals surface area contributed by atoms with Crippen molar-refractivity contribution in [2.45, 2.75) is 23.7 Å². The minimum Gasteiger partial charge on any atom is -0.383 e. The number of non-ortho nitro benzene ring substituents is 1. The monoisotopic (exact) mass is 346 g/mol. The van der Waals surface area contributed by atoms with Gasteiger partial charge in [0.05, 0.1) is 15.5 Å². The topological polar surface area (TPSA) is 89.3 Å². The van der Waals surface area contributed by atoms with Crippen LogP contribution in [0.1, 0.15) is 23.5 Å². The van der Waals surface area contributed by atoms with E-state index in [4.69, 9.17) is 0 Å². The zero-order chi connectivity index (χ0) is 17.3. The molecule has 0 aromatic heterocycles. The molecule has 24 heavy (non-hydrogen) atoms. The van der Waals surface area contributed by atoms with Gasteiger partial charge in [-0.3, -0.25) is 10.1 Å². The van der Waals surface area contributed by atoms with E-state index in [1.54, 1.807) is 0 Å². The molecular formula is C17H18N2O4S. The molecule has 2 aromatic rings. The second kappa shape index (κ2) is 6.24. The first-order chi connectivity index (χ1) is 11.4. The van der Waals surface area contributed by atoms with Gasteiger partial charge in [0.25, 0.3) is 5.69 Å². The van der Waals surface area contributed by atoms with Crippen LogP contribution in [0.3, 0.4) is 0 Å². The lowest BCUT2D eigenvalue weighted by atomic mass is 10.0. The summed E-state index contributed by atoms with van der Waals surface area (Å²) in [6, 6.07) is 12.1. The number of nitro benzene ring substituents is 1. The standard InChI is InChI=1S/C17H18N2O4S/c1-24(22,23)17-10-14(19(20)21)8-9-16(17)18-11-13-7-6-12-4-2-3-5-15(12)13/h2-5,8-10,13,18H,6-7,11H2,1H3. The maximum atomic E-state index is 12.0. The molecule has 0 radical (unpaired) electrons. The maximum absolute atomic E-state index is 12.0. The molecule has 0 bridgehead atoms. The summed E-state index contributed by atoms with van der Waals surface area (Å²) in [5.41, 5.74) is 2.80. The molecule has 0 heterocycles. The van der Waals surface area contributed by atoms with E-state index < -0.39 is 14.8 Å². The number of fused-ring (bicyclic) bond motifs is 1. The average molecular weight is 346 g/mol. The maximum Gasteiger partial charge on any atom is 0.270 e. The highest BCUT2D eigenvalue weighted by Gasteiger charge is 2.23. The zero-order valence-corrected chi connectivity index (χ0v) is 14.0. The van der Waals surface area contributed by atoms with E-state index in [-0.39, 0.29) is 10.6 Å². The molecule has 0 spiro atoms. The fourth-order valence-electron chi connectivity index (χ4n) is 3.17. The predicted octanol–water partition coefficient (Wildman–Crippen LogP) is 3.14. The van der Waals surface area contributed by atoms with Crippen LogP contribution < -0.4 is 5.32 Å². The van der Waals surface area contributed by atoms with Gasteiger partial charge in [-0.05, 0) is 30.0 Å². The molecule has 3 rings (SSSR count). The first kappa shape index (κ1) is 16.4. The van der Waals surface area contributed by atoms with Gasteiger partial charge in [-0.25, -0.2) is 8.42 Å². The van der Waals surface area contributed by atoms with Crippen molar-refractivity contribution >= 4 is 21.2 Å². The number of hydrogen-bond donors (Lipinski definition) is 1. The molecule has 126 valence electrons. The number of aryl methyl sites for hydroxylation is 1. The van der Waals surface area contributed by atoms with Gasteiger partial charge in [-0.15, -0.1) is 0 Å². The molecule has 1 aliphatic carbocycles. The number of hydrogen-bond acceptors (Lipinski definition) is 5. The van der Waals surface area contributed by atoms with E-state index in [0.29, 0.717) is 18.2 Å². The summed E-state index contributed by atoms with van der Waals surface area (Å²) < 4.78 is 23.9. The highest BCUT2D eigenvalue weighted by molar-refractivity contribution is 7.90. The molecule has 0 amide bonds. The zero-order valence-electron chi connectivity index (χ0n) is 13.2. The Labute approximate surface area is 140 Å². The van der Waals surface area contributed by atoms with E-state index in [0.717, 1.165) is 25.2 Å². The van der Waals surface area contributed by atoms with Crippen molar-refractivity contribution in [2.24, 2.45) is 0 Å². The fraction of sp³-hybridized carbons (Fsp3) is 0.294. The number of benzene rings is 2. The Bertz CT molecular complexity index is 893. The lowest BCUT2D eigenvalue weighted by molar-refractivity contribution is -0.385. The van der Waals surface area contributed by atoms with Crippen molar-refractivity contribution in [1.29, 1.82) is 0 Å². The second-order valence-electron chi connectivity index (χ2n) is 6.03. The van der Waals surface area contributed by atoms with Gasteiger partial charge in [0.2, 0.25) is 0 Å². The summed E-state index contributed by atoms with van der Waals surface area (Å²) in [4.78, 5) is 10.3. The van der Waals surface area contributed by atoms with Crippen LogP contribution in [0, 0.1) is 10.1 Å². The van der Waals surface area contributed by atoms with Gasteiger partial charge >= 0.3 is 0 Å². The first-order valence-electron chi connectivity index (χ1n) is 7.66. The lowest BCUT2D eigenvalue weighted by Gasteiger charge is -2.16. The molecule has 1 aliphatic rings. The third-order valence-corrected chi connectivity index (χ3v) is 5.51. The van der Waals surface area contributed by atoms with Crippen molar-refractivity contribution in [3.8, 4) is 0 Å². The Morgan fingerprint density at radius 2 is 2.00 bits per heavy atom. The van der Waals surface area contributed by atoms with Crippen molar-refractivity contribution < 1.29 is 13.3 Å². The van der Waals surface area contributed by atoms with E-state index in [9.17, 15) is 18.5 Å². The van der Waals surface area contributed by atoms with Gasteiger partial charge in [-0.2, -0.15) is 0 Å². The number of nitrogens with one attached hydrogen (secondary N) is 1. The number of nitro groups is 1. The smallest absolute Gasteiger partial charge is 0.270 e. The molecule has 0 saturated heterocycles. The van der Waals surface area contributed by atoms with Crippen molar-refractivity contribution in [3.05, 3.63) is 63.7 Å². The SMILES string of the molecule is CS(=O)(=O)c1cc([N+](=O)[O-])ccc1NCC1CCc2ccccc21. The Morgan fingerprint density at radius 3 is 2.71 bits per heavy atom. The minimum absolute atomic E-state index is 0.0389. The summed E-state index contributed by atoms with van der Waals surface area (Å²) in [6.45, 7) is 0.595. The van der Waals surface area contributed by atoms with Crippen LogP contribution in [0.25, 0.3) is 0 Å². The molecule has 0 fully saturated rings. The first-order valence-corrected chi connectivity index (χ1v) is 9.55. The number of nitrogens with zero attached hydrogens (tertiary/aromatic N) is 1. The Kier molecular flexibility index (Phi) is 4.28. The van der Waals surface area contributed by atoms with Gasteiger partial charge in [0.1, 0.15) is 0 Å². The quantitative estimate of drug-likeness (QED) is 0.663. The van der Waals surface area contributed by atoms with Crippen molar-refractivity contribution in [3.63, 3.8) is 0 Å². The predicted molar refractivity (Wildman–Crippen MR) is 92.2 cm³/mol. The molecule has 1 N–H and O–H groups in total. The summed E-state index contributed by atoms with van der Waals surface area (Å²) in [6.07, 6.45) is 3.08. The lowest BCUT2D eigenvalue weighted by Crippen LogP contribution is -2.13. The summed E-state index contributed by atoms with van der Waals surface area (Å²) in [5.74, 6) is 0.309. The van der Waals surface area contributed by atoms with Crippen LogP contribution in [0.2, 0.25) is 0 Å². The largest absolute Gasteiger partial charge is 0.383 e. The van der Waals surface area contributed by atoms with Crippen LogP contribution in [-0.4, -0.2) is 26.1 Å². The molecular weight excluding hydrogens is 328 g/mol. The number of anilines is 1. The Hall–Kier alpha value is -2.41. The minimum atomic E-state index is -3.56. The highest BCUT2D eigenvalue weighted by atomic mass is 32.2. The normalized spacial score (nSPS) is 16.6. The molecule has 1 unspecified atom stereocenters. The van der Waals surface area contributed by atoms with Gasteiger partial charge < -0.3 is 5.32 Å². The van der Waals surface area contributed by atoms with Crippen molar-refractivity contribution in [1.82, 2.24) is 0 Å². The van der Waals surface area contributed by atoms with Crippen LogP contribution >= 0.6 is 0 Å². The Balaban J connectivity index is 1.85. The number of sulfone groups is 1. The molecule has 1 atom stereocenters. The van der Waals surface area contributed by atoms with Crippen LogP contribution in [-0.2, 0) is 16.3 Å². The van der Waals surface area contributed by atoms with Gasteiger partial charge in [0, 0.05) is 30.9 Å². The van der Waals surface area contributed by atoms with E-state index in [1.807, 2.05) is 12.1 Å². The van der Waals surface area contributed by atoms with Gasteiger partial charge in [0.15, 0.2) is 9.84 Å². The molecule has 2 aromatic carbocycles. The highest BCUT2D eigenvalue weighted by Crippen LogP contribution is 2.34. The molecule has 0 saturated carbocycles. The third-order valence-electron chi connectivity index (χ3n) is 4.37. The molecule has 7 heteroatoms. The van der Waals surface area contributed by atoms with E-state index >= 15 is 0 Å². The van der Waals surface area contributed by atoms with Crippen LogP contribution in [0.15, 0.2) is 47.4 Å². The number of rotatable bonds is 5. The van der Waals surface area contributed by atoms with Crippen molar-refractivity contribution in [2.75, 3.05) is 18.1 Å². The Morgan fingerprint density at radius 1 is 1.25 bits per heavy atom. The molecule has 6 nitrogen and oxygen atoms in total. The van der Waals surface area contributed by atoms with Gasteiger partial charge in [-0.1, -0.05) is 24.3 Å². The summed E-state index contributed by atoms with van der Waals surface area (Å²) in [5, 5.41) is 14.1.